The molecule has 1 N–H and O–H groups in total. The molecule has 2 saturated heterocycles. The highest BCUT2D eigenvalue weighted by atomic mass is 32.2. The zero-order valence-electron chi connectivity index (χ0n) is 13.7. The number of nitrogens with zero attached hydrogens (tertiary/aromatic N) is 2. The van der Waals surface area contributed by atoms with Gasteiger partial charge in [0.25, 0.3) is 0 Å². The number of urea groups is 1. The molecule has 3 rings (SSSR count). The molecule has 0 aliphatic carbocycles. The molecule has 0 aromatic heterocycles. The van der Waals surface area contributed by atoms with E-state index >= 15 is 0 Å². The molecule has 126 valence electrons. The number of thioether (sulfide) groups is 1. The van der Waals surface area contributed by atoms with Gasteiger partial charge in [0.05, 0.1) is 5.69 Å². The van der Waals surface area contributed by atoms with Crippen LogP contribution in [0.1, 0.15) is 12.8 Å². The summed E-state index contributed by atoms with van der Waals surface area (Å²) in [6.07, 6.45) is 4.26. The summed E-state index contributed by atoms with van der Waals surface area (Å²) < 4.78 is 5.43. The lowest BCUT2D eigenvalue weighted by molar-refractivity contribution is 0.0194. The molecule has 23 heavy (non-hydrogen) atoms. The fourth-order valence-electron chi connectivity index (χ4n) is 3.28. The van der Waals surface area contributed by atoms with Gasteiger partial charge in [-0.1, -0.05) is 12.1 Å². The lowest BCUT2D eigenvalue weighted by Gasteiger charge is -2.40. The highest BCUT2D eigenvalue weighted by Crippen LogP contribution is 2.25. The molecule has 5 nitrogen and oxygen atoms in total. The number of ether oxygens (including phenoxy) is 1. The fraction of sp³-hybridized carbons (Fsp3) is 0.588. The van der Waals surface area contributed by atoms with Crippen LogP contribution in [0, 0.1) is 0 Å². The van der Waals surface area contributed by atoms with Crippen molar-refractivity contribution >= 4 is 23.5 Å². The zero-order valence-corrected chi connectivity index (χ0v) is 14.5. The monoisotopic (exact) mass is 335 g/mol. The molecule has 1 aromatic carbocycles. The number of carbonyl (C=O) groups excluding carboxylic acids is 1. The van der Waals surface area contributed by atoms with Crippen LogP contribution in [0.2, 0.25) is 0 Å². The van der Waals surface area contributed by atoms with Gasteiger partial charge in [-0.3, -0.25) is 4.90 Å². The molecule has 2 aliphatic rings. The first kappa shape index (κ1) is 16.6. The molecule has 0 unspecified atom stereocenters. The van der Waals surface area contributed by atoms with Crippen LogP contribution in [0.3, 0.4) is 0 Å². The molecule has 0 bridgehead atoms. The maximum Gasteiger partial charge on any atom is 0.321 e. The third kappa shape index (κ3) is 4.19. The second-order valence-corrected chi connectivity index (χ2v) is 6.85. The number of nitrogens with one attached hydrogen (secondary N) is 1. The molecule has 1 aromatic rings. The van der Waals surface area contributed by atoms with Gasteiger partial charge in [0.1, 0.15) is 0 Å². The molecular formula is C17H25N3O2S. The van der Waals surface area contributed by atoms with Gasteiger partial charge in [-0.25, -0.2) is 4.79 Å². The summed E-state index contributed by atoms with van der Waals surface area (Å²) in [6, 6.07) is 8.59. The van der Waals surface area contributed by atoms with Crippen LogP contribution in [0.25, 0.3) is 0 Å². The summed E-state index contributed by atoms with van der Waals surface area (Å²) in [5, 5.41) is 3.05. The smallest absolute Gasteiger partial charge is 0.321 e. The first-order valence-corrected chi connectivity index (χ1v) is 9.51. The molecule has 6 heteroatoms. The molecule has 0 saturated carbocycles. The Morgan fingerprint density at radius 2 is 1.87 bits per heavy atom. The van der Waals surface area contributed by atoms with E-state index in [4.69, 9.17) is 4.74 Å². The van der Waals surface area contributed by atoms with Crippen molar-refractivity contribution in [3.05, 3.63) is 24.3 Å². The summed E-state index contributed by atoms with van der Waals surface area (Å²) in [6.45, 7) is 5.26. The number of anilines is 1. The average Bonchev–Trinajstić information content (AvgIpc) is 2.63. The number of carbonyl (C=O) groups is 1. The normalized spacial score (nSPS) is 20.5. The van der Waals surface area contributed by atoms with Crippen LogP contribution in [-0.4, -0.2) is 67.5 Å². The van der Waals surface area contributed by atoms with E-state index < -0.39 is 0 Å². The standard InChI is InChI=1S/C17H25N3O2S/c1-23-16-5-3-2-4-15(16)18-17(21)20-10-8-19(9-11-20)14-6-12-22-13-7-14/h2-5,14H,6-13H2,1H3,(H,18,21). The molecule has 2 heterocycles. The first-order valence-electron chi connectivity index (χ1n) is 8.28. The maximum atomic E-state index is 12.5. The Morgan fingerprint density at radius 3 is 2.57 bits per heavy atom. The summed E-state index contributed by atoms with van der Waals surface area (Å²) >= 11 is 1.65. The van der Waals surface area contributed by atoms with Gasteiger partial charge in [0.15, 0.2) is 0 Å². The second-order valence-electron chi connectivity index (χ2n) is 6.00. The topological polar surface area (TPSA) is 44.8 Å². The molecule has 0 atom stereocenters. The summed E-state index contributed by atoms with van der Waals surface area (Å²) in [4.78, 5) is 18.0. The quantitative estimate of drug-likeness (QED) is 0.863. The van der Waals surface area contributed by atoms with E-state index in [1.807, 2.05) is 35.4 Å². The minimum absolute atomic E-state index is 0.0122. The fourth-order valence-corrected chi connectivity index (χ4v) is 3.84. The number of hydrogen-bond donors (Lipinski definition) is 1. The van der Waals surface area contributed by atoms with Crippen LogP contribution in [0.5, 0.6) is 0 Å². The van der Waals surface area contributed by atoms with Crippen molar-refractivity contribution in [3.63, 3.8) is 0 Å². The van der Waals surface area contributed by atoms with E-state index in [2.05, 4.69) is 10.2 Å². The van der Waals surface area contributed by atoms with Crippen LogP contribution in [0.4, 0.5) is 10.5 Å². The summed E-state index contributed by atoms with van der Waals surface area (Å²) in [5.41, 5.74) is 0.900. The van der Waals surface area contributed by atoms with E-state index in [1.165, 1.54) is 0 Å². The SMILES string of the molecule is CSc1ccccc1NC(=O)N1CCN(C2CCOCC2)CC1. The van der Waals surface area contributed by atoms with Gasteiger partial charge in [-0.2, -0.15) is 0 Å². The van der Waals surface area contributed by atoms with Gasteiger partial charge in [-0.05, 0) is 31.2 Å². The van der Waals surface area contributed by atoms with Crippen molar-refractivity contribution < 1.29 is 9.53 Å². The molecular weight excluding hydrogens is 310 g/mol. The van der Waals surface area contributed by atoms with Gasteiger partial charge in [-0.15, -0.1) is 11.8 Å². The summed E-state index contributed by atoms with van der Waals surface area (Å²) in [7, 11) is 0. The minimum Gasteiger partial charge on any atom is -0.381 e. The number of para-hydroxylation sites is 1. The predicted molar refractivity (Wildman–Crippen MR) is 94.2 cm³/mol. The Hall–Kier alpha value is -1.24. The predicted octanol–water partition coefficient (Wildman–Crippen LogP) is 2.74. The van der Waals surface area contributed by atoms with Crippen LogP contribution >= 0.6 is 11.8 Å². The summed E-state index contributed by atoms with van der Waals surface area (Å²) in [5.74, 6) is 0. The van der Waals surface area contributed by atoms with E-state index in [1.54, 1.807) is 11.8 Å². The van der Waals surface area contributed by atoms with E-state index in [9.17, 15) is 4.79 Å². The lowest BCUT2D eigenvalue weighted by Crippen LogP contribution is -2.53. The number of rotatable bonds is 3. The Kier molecular flexibility index (Phi) is 5.80. The highest BCUT2D eigenvalue weighted by molar-refractivity contribution is 7.98. The third-order valence-electron chi connectivity index (χ3n) is 4.66. The maximum absolute atomic E-state index is 12.5. The molecule has 2 fully saturated rings. The van der Waals surface area contributed by atoms with Crippen LogP contribution in [-0.2, 0) is 4.74 Å². The van der Waals surface area contributed by atoms with Crippen LogP contribution in [0.15, 0.2) is 29.2 Å². The van der Waals surface area contributed by atoms with Crippen molar-refractivity contribution in [1.29, 1.82) is 0 Å². The average molecular weight is 335 g/mol. The number of amides is 2. The van der Waals surface area contributed by atoms with Crippen molar-refractivity contribution in [2.75, 3.05) is 51.0 Å². The van der Waals surface area contributed by atoms with E-state index in [0.29, 0.717) is 6.04 Å². The van der Waals surface area contributed by atoms with Crippen molar-refractivity contribution in [2.24, 2.45) is 0 Å². The van der Waals surface area contributed by atoms with E-state index in [-0.39, 0.29) is 6.03 Å². The van der Waals surface area contributed by atoms with Crippen LogP contribution < -0.4 is 5.32 Å². The van der Waals surface area contributed by atoms with Gasteiger partial charge < -0.3 is 15.0 Å². The van der Waals surface area contributed by atoms with Gasteiger partial charge in [0.2, 0.25) is 0 Å². The van der Waals surface area contributed by atoms with E-state index in [0.717, 1.165) is 62.8 Å². The first-order chi connectivity index (χ1) is 11.3. The van der Waals surface area contributed by atoms with Gasteiger partial charge >= 0.3 is 6.03 Å². The molecule has 2 aliphatic heterocycles. The molecule has 0 spiro atoms. The Bertz CT molecular complexity index is 526. The van der Waals surface area contributed by atoms with Crippen molar-refractivity contribution in [3.8, 4) is 0 Å². The van der Waals surface area contributed by atoms with Crippen molar-refractivity contribution in [1.82, 2.24) is 9.80 Å². The largest absolute Gasteiger partial charge is 0.381 e. The second kappa shape index (κ2) is 8.04. The number of hydrogen-bond acceptors (Lipinski definition) is 4. The Morgan fingerprint density at radius 1 is 1.17 bits per heavy atom. The number of benzene rings is 1. The number of piperazine rings is 1. The molecule has 2 amide bonds. The van der Waals surface area contributed by atoms with Crippen molar-refractivity contribution in [2.45, 2.75) is 23.8 Å². The minimum atomic E-state index is 0.0122. The molecule has 0 radical (unpaired) electrons. The highest BCUT2D eigenvalue weighted by Gasteiger charge is 2.27. The Labute approximate surface area is 142 Å². The Balaban J connectivity index is 1.52. The van der Waals surface area contributed by atoms with Gasteiger partial charge in [0, 0.05) is 50.3 Å². The lowest BCUT2D eigenvalue weighted by atomic mass is 10.1. The third-order valence-corrected chi connectivity index (χ3v) is 5.45. The zero-order chi connectivity index (χ0) is 16.1.